The van der Waals surface area contributed by atoms with Crippen molar-refractivity contribution in [1.82, 2.24) is 9.13 Å². The van der Waals surface area contributed by atoms with Crippen LogP contribution in [0.3, 0.4) is 0 Å². The molecule has 0 fully saturated rings. The SMILES string of the molecule is [2H]c1c([2H])c([2H])c(-c2c([2H])c(-n3c4ccccc4c4cc(-n5c6c([2H])c([2H])c([2H])c([2H])c6c6c([2H])c([2H])c([2H])c([2H])c65)ccc43)c3c(sc4c([2H])c([2H])c([2H])c([2H])c43)c2[2H])c([2H])c1[2H]. The predicted octanol–water partition coefficient (Wildman–Crippen LogP) is 11.9. The summed E-state index contributed by atoms with van der Waals surface area (Å²) in [4.78, 5) is 0. The summed E-state index contributed by atoms with van der Waals surface area (Å²) in [5.74, 6) is 0. The van der Waals surface area contributed by atoms with Crippen LogP contribution in [-0.4, -0.2) is 9.13 Å². The summed E-state index contributed by atoms with van der Waals surface area (Å²) in [6.07, 6.45) is 0. The number of hydrogen-bond acceptors (Lipinski definition) is 1. The van der Waals surface area contributed by atoms with Gasteiger partial charge in [-0.3, -0.25) is 0 Å². The van der Waals surface area contributed by atoms with Crippen molar-refractivity contribution in [3.8, 4) is 22.5 Å². The molecule has 0 unspecified atom stereocenters. The quantitative estimate of drug-likeness (QED) is 0.189. The molecule has 0 N–H and O–H groups in total. The van der Waals surface area contributed by atoms with Gasteiger partial charge in [0.15, 0.2) is 0 Å². The van der Waals surface area contributed by atoms with Gasteiger partial charge in [0, 0.05) is 47.4 Å². The lowest BCUT2D eigenvalue weighted by Crippen LogP contribution is -1.97. The second kappa shape index (κ2) is 9.43. The van der Waals surface area contributed by atoms with Crippen LogP contribution in [0.2, 0.25) is 0 Å². The van der Waals surface area contributed by atoms with E-state index in [1.165, 1.54) is 4.57 Å². The largest absolute Gasteiger partial charge is 0.309 e. The molecule has 0 spiro atoms. The van der Waals surface area contributed by atoms with Crippen molar-refractivity contribution < 1.29 is 26.0 Å². The van der Waals surface area contributed by atoms with Gasteiger partial charge in [-0.2, -0.15) is 0 Å². The van der Waals surface area contributed by atoms with E-state index < -0.39 is 120 Å². The minimum atomic E-state index is -0.698. The highest BCUT2D eigenvalue weighted by atomic mass is 32.1. The molecule has 0 amide bonds. The lowest BCUT2D eigenvalue weighted by Gasteiger charge is -2.14. The van der Waals surface area contributed by atoms with Gasteiger partial charge in [0.1, 0.15) is 0 Å². The lowest BCUT2D eigenvalue weighted by atomic mass is 10.0. The zero-order chi connectivity index (χ0) is 46.0. The lowest BCUT2D eigenvalue weighted by molar-refractivity contribution is 1.17. The van der Waals surface area contributed by atoms with Crippen LogP contribution in [0.25, 0.3) is 86.3 Å². The average Bonchev–Trinajstić information content (AvgIpc) is 3.96. The van der Waals surface area contributed by atoms with Gasteiger partial charge in [0.2, 0.25) is 0 Å². The summed E-state index contributed by atoms with van der Waals surface area (Å²) in [5, 5.41) is 0.865. The highest BCUT2D eigenvalue weighted by molar-refractivity contribution is 7.26. The first-order valence-electron chi connectivity index (χ1n) is 23.3. The van der Waals surface area contributed by atoms with Crippen LogP contribution in [0.1, 0.15) is 26.0 Å². The fraction of sp³-hybridized carbons (Fsp3) is 0. The van der Waals surface area contributed by atoms with Crippen molar-refractivity contribution in [2.45, 2.75) is 0 Å². The Hall–Kier alpha value is -5.64. The molecule has 45 heavy (non-hydrogen) atoms. The minimum Gasteiger partial charge on any atom is -0.309 e. The van der Waals surface area contributed by atoms with Crippen LogP contribution < -0.4 is 0 Å². The van der Waals surface area contributed by atoms with E-state index in [4.69, 9.17) is 23.3 Å². The third kappa shape index (κ3) is 3.56. The molecule has 0 aliphatic carbocycles. The molecule has 3 heterocycles. The van der Waals surface area contributed by atoms with E-state index in [1.807, 2.05) is 0 Å². The molecule has 3 heteroatoms. The molecule has 0 saturated heterocycles. The first kappa shape index (κ1) is 12.8. The summed E-state index contributed by atoms with van der Waals surface area (Å²) in [6, 6.07) is 1.18. The van der Waals surface area contributed by atoms with E-state index in [2.05, 4.69) is 0 Å². The fourth-order valence-electron chi connectivity index (χ4n) is 6.15. The Morgan fingerprint density at radius 1 is 0.467 bits per heavy atom. The number of fused-ring (bicyclic) bond motifs is 9. The third-order valence-electron chi connectivity index (χ3n) is 7.97. The molecule has 10 aromatic rings. The minimum absolute atomic E-state index is 0.00621. The molecule has 0 bridgehead atoms. The van der Waals surface area contributed by atoms with Gasteiger partial charge >= 0.3 is 0 Å². The maximum Gasteiger partial charge on any atom is 0.0652 e. The van der Waals surface area contributed by atoms with Gasteiger partial charge in [-0.15, -0.1) is 11.3 Å². The Bertz CT molecular complexity index is 3740. The molecular formula is C42H26N2S. The van der Waals surface area contributed by atoms with Crippen molar-refractivity contribution in [2.24, 2.45) is 0 Å². The summed E-state index contributed by atoms with van der Waals surface area (Å²) in [7, 11) is 0. The second-order valence-electron chi connectivity index (χ2n) is 10.3. The summed E-state index contributed by atoms with van der Waals surface area (Å²) in [5.41, 5.74) is 0.0527. The third-order valence-corrected chi connectivity index (χ3v) is 8.99. The number of benzene rings is 7. The van der Waals surface area contributed by atoms with Crippen molar-refractivity contribution in [3.63, 3.8) is 0 Å². The van der Waals surface area contributed by atoms with E-state index in [0.717, 1.165) is 11.3 Å². The van der Waals surface area contributed by atoms with Crippen molar-refractivity contribution in [3.05, 3.63) is 157 Å². The Morgan fingerprint density at radius 3 is 1.93 bits per heavy atom. The van der Waals surface area contributed by atoms with Crippen molar-refractivity contribution in [2.75, 3.05) is 0 Å². The highest BCUT2D eigenvalue weighted by Crippen LogP contribution is 2.44. The summed E-state index contributed by atoms with van der Waals surface area (Å²) in [6.45, 7) is 0. The zero-order valence-electron chi connectivity index (χ0n) is 41.8. The molecule has 0 atom stereocenters. The Balaban J connectivity index is 1.41. The van der Waals surface area contributed by atoms with E-state index in [1.54, 1.807) is 47.0 Å². The van der Waals surface area contributed by atoms with E-state index in [0.29, 0.717) is 21.8 Å². The molecule has 10 rings (SSSR count). The number of nitrogens with zero attached hydrogens (tertiary/aromatic N) is 2. The standard InChI is InChI=1S/C42H26N2S/c1-2-12-27(13-3-1)28-24-39(42-33-17-7-11-21-40(33)45-41(42)25-28)44-37-20-10-6-16-32(37)34-26-29(22-23-38(34)44)43-35-18-8-4-14-30(35)31-15-5-9-19-36(31)43/h1-26H/i1D,2D,3D,4D,5D,7D,8D,9D,11D,12D,13D,14D,15D,17D,18D,19D,21D,24D,25D. The number of aromatic nitrogens is 2. The molecule has 2 nitrogen and oxygen atoms in total. The first-order valence-corrected chi connectivity index (χ1v) is 14.6. The summed E-state index contributed by atoms with van der Waals surface area (Å²) >= 11 is 0.852. The molecule has 0 radical (unpaired) electrons. The van der Waals surface area contributed by atoms with E-state index in [-0.39, 0.29) is 58.9 Å². The van der Waals surface area contributed by atoms with Gasteiger partial charge < -0.3 is 9.13 Å². The Labute approximate surface area is 290 Å². The van der Waals surface area contributed by atoms with Crippen molar-refractivity contribution in [1.29, 1.82) is 0 Å². The normalized spacial score (nSPS) is 17.9. The molecule has 3 aromatic heterocycles. The summed E-state index contributed by atoms with van der Waals surface area (Å²) < 4.78 is 170. The molecule has 0 aliphatic heterocycles. The van der Waals surface area contributed by atoms with E-state index >= 15 is 0 Å². The van der Waals surface area contributed by atoms with Gasteiger partial charge in [-0.05, 0) is 65.6 Å². The number of thiophene rings is 1. The number of rotatable bonds is 3. The van der Waals surface area contributed by atoms with Gasteiger partial charge in [-0.1, -0.05) is 103 Å². The smallest absolute Gasteiger partial charge is 0.0652 e. The van der Waals surface area contributed by atoms with Crippen LogP contribution in [0.5, 0.6) is 0 Å². The molecule has 210 valence electrons. The molecule has 7 aromatic carbocycles. The van der Waals surface area contributed by atoms with Crippen LogP contribution >= 0.6 is 11.3 Å². The Kier molecular flexibility index (Phi) is 2.67. The predicted molar refractivity (Wildman–Crippen MR) is 193 cm³/mol. The van der Waals surface area contributed by atoms with Crippen LogP contribution in [0.15, 0.2) is 157 Å². The molecule has 0 saturated carbocycles. The highest BCUT2D eigenvalue weighted by Gasteiger charge is 2.20. The maximum absolute atomic E-state index is 9.94. The fourth-order valence-corrected chi connectivity index (χ4v) is 7.16. The zero-order valence-corrected chi connectivity index (χ0v) is 23.7. The van der Waals surface area contributed by atoms with Crippen LogP contribution in [0.4, 0.5) is 0 Å². The molecular weight excluding hydrogens is 565 g/mol. The first-order chi connectivity index (χ1) is 30.2. The monoisotopic (exact) mass is 609 g/mol. The van der Waals surface area contributed by atoms with Crippen molar-refractivity contribution >= 4 is 75.1 Å². The molecule has 0 aliphatic rings. The topological polar surface area (TPSA) is 9.86 Å². The van der Waals surface area contributed by atoms with Gasteiger partial charge in [-0.25, -0.2) is 0 Å². The maximum atomic E-state index is 9.94. The van der Waals surface area contributed by atoms with Crippen LogP contribution in [-0.2, 0) is 0 Å². The second-order valence-corrected chi connectivity index (χ2v) is 11.3. The average molecular weight is 610 g/mol. The number of hydrogen-bond donors (Lipinski definition) is 0. The van der Waals surface area contributed by atoms with Gasteiger partial charge in [0.05, 0.1) is 53.8 Å². The number of para-hydroxylation sites is 3. The van der Waals surface area contributed by atoms with Gasteiger partial charge in [0.25, 0.3) is 0 Å². The van der Waals surface area contributed by atoms with Crippen LogP contribution in [0, 0.1) is 0 Å². The Morgan fingerprint density at radius 2 is 1.13 bits per heavy atom. The van der Waals surface area contributed by atoms with E-state index in [9.17, 15) is 2.74 Å².